The number of aromatic nitrogens is 1. The second-order valence-electron chi connectivity index (χ2n) is 6.86. The van der Waals surface area contributed by atoms with Gasteiger partial charge >= 0.3 is 0 Å². The Balaban J connectivity index is 2.22. The lowest BCUT2D eigenvalue weighted by molar-refractivity contribution is -0.127. The fourth-order valence-corrected chi connectivity index (χ4v) is 3.12. The summed E-state index contributed by atoms with van der Waals surface area (Å²) in [4.78, 5) is 27.6. The number of hydrogen-bond acceptors (Lipinski definition) is 2. The standard InChI is InChI=1S/C22H28N2O2/c1-6-14(3)17-9-8-10-20-19(11-17)18(13-23-20)12-21(26)24-22(16(5)25)15(4)7-2/h6,8,10-11,13,15,22-23H,1,3,7,9,12H2,2,4-5H3,(H,24,26)/t15-,22-/m0/s1. The number of fused-ring (bicyclic) bond motifs is 1. The van der Waals surface area contributed by atoms with E-state index in [-0.39, 0.29) is 24.0 Å². The van der Waals surface area contributed by atoms with Gasteiger partial charge in [0.2, 0.25) is 5.91 Å². The van der Waals surface area contributed by atoms with Crippen LogP contribution in [0.15, 0.2) is 42.7 Å². The summed E-state index contributed by atoms with van der Waals surface area (Å²) < 4.78 is 0. The molecule has 26 heavy (non-hydrogen) atoms. The van der Waals surface area contributed by atoms with Crippen molar-refractivity contribution >= 4 is 23.8 Å². The maximum atomic E-state index is 12.5. The number of rotatable bonds is 8. The van der Waals surface area contributed by atoms with Crippen molar-refractivity contribution in [2.75, 3.05) is 0 Å². The summed E-state index contributed by atoms with van der Waals surface area (Å²) in [6, 6.07) is -0.434. The molecule has 1 aliphatic rings. The number of amides is 1. The van der Waals surface area contributed by atoms with Crippen LogP contribution in [0.4, 0.5) is 0 Å². The number of allylic oxidation sites excluding steroid dienone is 4. The molecule has 0 saturated carbocycles. The van der Waals surface area contributed by atoms with Crippen LogP contribution < -0.4 is 5.32 Å². The van der Waals surface area contributed by atoms with E-state index in [4.69, 9.17) is 0 Å². The van der Waals surface area contributed by atoms with E-state index in [1.165, 1.54) is 6.92 Å². The molecule has 0 spiro atoms. The predicted octanol–water partition coefficient (Wildman–Crippen LogP) is 4.22. The van der Waals surface area contributed by atoms with Crippen LogP contribution in [0.2, 0.25) is 0 Å². The van der Waals surface area contributed by atoms with Crippen LogP contribution in [0.1, 0.15) is 50.4 Å². The molecular weight excluding hydrogens is 324 g/mol. The molecule has 0 saturated heterocycles. The van der Waals surface area contributed by atoms with Gasteiger partial charge in [0.25, 0.3) is 0 Å². The van der Waals surface area contributed by atoms with Crippen LogP contribution in [0, 0.1) is 5.92 Å². The molecule has 0 bridgehead atoms. The topological polar surface area (TPSA) is 62.0 Å². The van der Waals surface area contributed by atoms with Crippen molar-refractivity contribution in [3.8, 4) is 0 Å². The molecule has 0 aromatic carbocycles. The number of Topliss-reactive ketones (excluding diaryl/α,β-unsaturated/α-hetero) is 1. The highest BCUT2D eigenvalue weighted by atomic mass is 16.2. The van der Waals surface area contributed by atoms with Gasteiger partial charge in [-0.3, -0.25) is 9.59 Å². The average molecular weight is 352 g/mol. The first-order chi connectivity index (χ1) is 12.4. The van der Waals surface area contributed by atoms with Crippen molar-refractivity contribution < 1.29 is 9.59 Å². The number of carbonyl (C=O) groups is 2. The van der Waals surface area contributed by atoms with Crippen molar-refractivity contribution in [2.45, 2.75) is 46.1 Å². The molecule has 1 aromatic rings. The molecule has 2 rings (SSSR count). The van der Waals surface area contributed by atoms with Gasteiger partial charge in [-0.25, -0.2) is 0 Å². The summed E-state index contributed by atoms with van der Waals surface area (Å²) in [5.74, 6) is -0.0313. The second-order valence-corrected chi connectivity index (χ2v) is 6.86. The highest BCUT2D eigenvalue weighted by molar-refractivity contribution is 5.89. The Morgan fingerprint density at radius 1 is 1.42 bits per heavy atom. The molecule has 1 amide bonds. The number of carbonyl (C=O) groups excluding carboxylic acids is 2. The minimum absolute atomic E-state index is 0.00649. The summed E-state index contributed by atoms with van der Waals surface area (Å²) in [5, 5.41) is 2.90. The fraction of sp³-hybridized carbons (Fsp3) is 0.364. The smallest absolute Gasteiger partial charge is 0.225 e. The van der Waals surface area contributed by atoms with E-state index in [2.05, 4.69) is 35.6 Å². The zero-order valence-corrected chi connectivity index (χ0v) is 15.9. The van der Waals surface area contributed by atoms with Gasteiger partial charge in [0, 0.05) is 17.5 Å². The number of aromatic amines is 1. The molecular formula is C22H28N2O2. The summed E-state index contributed by atoms with van der Waals surface area (Å²) in [6.07, 6.45) is 11.6. The van der Waals surface area contributed by atoms with Crippen molar-refractivity contribution in [3.05, 3.63) is 59.5 Å². The highest BCUT2D eigenvalue weighted by Crippen LogP contribution is 2.27. The molecule has 0 unspecified atom stereocenters. The fourth-order valence-electron chi connectivity index (χ4n) is 3.12. The molecule has 2 atom stereocenters. The predicted molar refractivity (Wildman–Crippen MR) is 108 cm³/mol. The molecule has 1 aromatic heterocycles. The van der Waals surface area contributed by atoms with Gasteiger partial charge in [-0.2, -0.15) is 0 Å². The van der Waals surface area contributed by atoms with Crippen molar-refractivity contribution in [2.24, 2.45) is 5.92 Å². The second kappa shape index (κ2) is 8.65. The summed E-state index contributed by atoms with van der Waals surface area (Å²) >= 11 is 0. The van der Waals surface area contributed by atoms with Gasteiger partial charge < -0.3 is 10.3 Å². The summed E-state index contributed by atoms with van der Waals surface area (Å²) in [7, 11) is 0. The first-order valence-electron chi connectivity index (χ1n) is 9.06. The molecule has 0 aliphatic heterocycles. The van der Waals surface area contributed by atoms with Gasteiger partial charge in [0.1, 0.15) is 0 Å². The first-order valence-corrected chi connectivity index (χ1v) is 9.06. The largest absolute Gasteiger partial charge is 0.361 e. The molecule has 4 heteroatoms. The quantitative estimate of drug-likeness (QED) is 0.688. The summed E-state index contributed by atoms with van der Waals surface area (Å²) in [5.41, 5.74) is 4.84. The van der Waals surface area contributed by atoms with E-state index in [0.717, 1.165) is 40.8 Å². The van der Waals surface area contributed by atoms with Gasteiger partial charge in [0.05, 0.1) is 12.5 Å². The van der Waals surface area contributed by atoms with Crippen molar-refractivity contribution in [1.82, 2.24) is 10.3 Å². The Morgan fingerprint density at radius 2 is 2.15 bits per heavy atom. The Labute approximate surface area is 155 Å². The zero-order chi connectivity index (χ0) is 19.3. The number of nitrogens with one attached hydrogen (secondary N) is 2. The van der Waals surface area contributed by atoms with E-state index in [9.17, 15) is 9.59 Å². The third kappa shape index (κ3) is 4.51. The Hall–Kier alpha value is -2.62. The molecule has 2 N–H and O–H groups in total. The first kappa shape index (κ1) is 19.7. The van der Waals surface area contributed by atoms with Crippen LogP contribution in [0.3, 0.4) is 0 Å². The lowest BCUT2D eigenvalue weighted by Crippen LogP contribution is -2.44. The molecule has 0 radical (unpaired) electrons. The van der Waals surface area contributed by atoms with Crippen LogP contribution in [0.5, 0.6) is 0 Å². The van der Waals surface area contributed by atoms with Gasteiger partial charge in [-0.1, -0.05) is 45.6 Å². The maximum Gasteiger partial charge on any atom is 0.225 e. The van der Waals surface area contributed by atoms with E-state index in [1.54, 1.807) is 6.08 Å². The average Bonchev–Trinajstić information content (AvgIpc) is 2.85. The zero-order valence-electron chi connectivity index (χ0n) is 15.9. The minimum atomic E-state index is -0.434. The Morgan fingerprint density at radius 3 is 2.77 bits per heavy atom. The van der Waals surface area contributed by atoms with E-state index in [1.807, 2.05) is 26.1 Å². The normalized spacial score (nSPS) is 15.3. The molecule has 1 aliphatic carbocycles. The van der Waals surface area contributed by atoms with Crippen molar-refractivity contribution in [1.29, 1.82) is 0 Å². The van der Waals surface area contributed by atoms with Gasteiger partial charge in [0.15, 0.2) is 5.78 Å². The van der Waals surface area contributed by atoms with Crippen LogP contribution in [-0.2, 0) is 16.0 Å². The van der Waals surface area contributed by atoms with E-state index in [0.29, 0.717) is 0 Å². The third-order valence-electron chi connectivity index (χ3n) is 4.96. The van der Waals surface area contributed by atoms with Crippen molar-refractivity contribution in [3.63, 3.8) is 0 Å². The third-order valence-corrected chi connectivity index (χ3v) is 4.96. The van der Waals surface area contributed by atoms with Gasteiger partial charge in [-0.15, -0.1) is 0 Å². The highest BCUT2D eigenvalue weighted by Gasteiger charge is 2.23. The lowest BCUT2D eigenvalue weighted by Gasteiger charge is -2.21. The minimum Gasteiger partial charge on any atom is -0.361 e. The summed E-state index contributed by atoms with van der Waals surface area (Å²) in [6.45, 7) is 13.3. The molecule has 1 heterocycles. The van der Waals surface area contributed by atoms with Gasteiger partial charge in [-0.05, 0) is 48.1 Å². The molecule has 138 valence electrons. The number of ketones is 1. The lowest BCUT2D eigenvalue weighted by atomic mass is 9.95. The number of hydrogen-bond donors (Lipinski definition) is 2. The SMILES string of the molecule is C=CC(=C)C1=Cc2c(CC(=O)N[C@H](C(C)=O)[C@@H](C)CC)c[nH]c2C=CC1. The molecule has 4 nitrogen and oxygen atoms in total. The molecule has 0 fully saturated rings. The number of H-pyrrole nitrogens is 1. The van der Waals surface area contributed by atoms with E-state index < -0.39 is 6.04 Å². The Bertz CT molecular complexity index is 780. The van der Waals surface area contributed by atoms with Crippen LogP contribution >= 0.6 is 0 Å². The van der Waals surface area contributed by atoms with E-state index >= 15 is 0 Å². The Kier molecular flexibility index (Phi) is 6.56. The maximum absolute atomic E-state index is 12.5. The van der Waals surface area contributed by atoms with Crippen LogP contribution in [-0.4, -0.2) is 22.7 Å². The van der Waals surface area contributed by atoms with Crippen LogP contribution in [0.25, 0.3) is 12.2 Å². The monoisotopic (exact) mass is 352 g/mol.